The third-order valence-electron chi connectivity index (χ3n) is 14.0. The maximum absolute atomic E-state index is 13.4. The molecule has 1 rings (SSSR count). The molecule has 0 aromatic carbocycles. The third kappa shape index (κ3) is 41.3. The van der Waals surface area contributed by atoms with E-state index in [2.05, 4.69) is 111 Å². The van der Waals surface area contributed by atoms with Gasteiger partial charge in [-0.1, -0.05) is 234 Å². The van der Waals surface area contributed by atoms with Crippen LogP contribution in [0.25, 0.3) is 0 Å². The second-order valence-corrected chi connectivity index (χ2v) is 21.0. The average Bonchev–Trinajstić information content (AvgIpc) is 3.43. The molecule has 442 valence electrons. The van der Waals surface area contributed by atoms with Crippen LogP contribution in [0.3, 0.4) is 0 Å². The Morgan fingerprint density at radius 2 is 0.935 bits per heavy atom. The van der Waals surface area contributed by atoms with Crippen molar-refractivity contribution in [2.45, 2.75) is 294 Å². The highest BCUT2D eigenvalue weighted by atomic mass is 16.7. The fourth-order valence-electron chi connectivity index (χ4n) is 9.06. The topological polar surface area (TPSA) is 175 Å². The molecule has 1 aliphatic rings. The maximum Gasteiger partial charge on any atom is 0.306 e. The standard InChI is InChI=1S/C66H113NO10/c1-4-7-10-13-16-19-22-24-26-28-30-32-34-36-39-42-45-48-51-54-61(71)77-64-63(73)62(72)60(55-68)76-66(64)75-56-57(58(69)52-49-46-43-40-37-21-18-15-12-9-6-3)67-65(74)59(70)53-50-47-44-41-38-35-33-31-29-27-25-23-20-17-14-11-8-5-2/h8,11,16-17,19-20,24-27,31,33,38,41,49,52,57-60,62-64,66,68-70,72-73H,4-7,9-10,12-15,18,21-23,28-30,32,34-37,39-40,42-48,50-51,53-56H2,1-3H3,(H,67,74)/b11-8-,19-16-,20-17-,26-24-,27-25-,33-31-,41-38-,52-49+. The summed E-state index contributed by atoms with van der Waals surface area (Å²) in [6, 6.07) is -1.05. The zero-order chi connectivity index (χ0) is 56.1. The number of amides is 1. The Hall–Kier alpha value is -3.42. The minimum atomic E-state index is -1.63. The fourth-order valence-corrected chi connectivity index (χ4v) is 9.06. The Kier molecular flexibility index (Phi) is 49.5. The first-order chi connectivity index (χ1) is 37.7. The van der Waals surface area contributed by atoms with Gasteiger partial charge < -0.3 is 45.1 Å². The van der Waals surface area contributed by atoms with E-state index < -0.39 is 67.4 Å². The van der Waals surface area contributed by atoms with Gasteiger partial charge in [0.25, 0.3) is 0 Å². The number of rotatable bonds is 51. The van der Waals surface area contributed by atoms with Crippen LogP contribution in [0.2, 0.25) is 0 Å². The molecule has 0 bridgehead atoms. The summed E-state index contributed by atoms with van der Waals surface area (Å²) in [6.07, 6.45) is 60.1. The third-order valence-corrected chi connectivity index (χ3v) is 14.0. The molecule has 0 aromatic rings. The van der Waals surface area contributed by atoms with Gasteiger partial charge in [0.15, 0.2) is 12.4 Å². The SMILES string of the molecule is CC/C=C\C/C=C\C/C=C\C/C=C\C/C=C\CCCCC(O)C(=O)NC(COC1OC(CO)C(O)C(O)C1OC(=O)CCCCCCCCCCC/C=C\C/C=C\CCCCC)C(O)/C=C/CCCCCCCCCCC. The fraction of sp³-hybridized carbons (Fsp3) is 0.727. The molecule has 1 aliphatic heterocycles. The molecule has 0 aliphatic carbocycles. The molecule has 1 fully saturated rings. The maximum atomic E-state index is 13.4. The van der Waals surface area contributed by atoms with Gasteiger partial charge in [0, 0.05) is 6.42 Å². The van der Waals surface area contributed by atoms with Gasteiger partial charge in [-0.05, 0) is 103 Å². The summed E-state index contributed by atoms with van der Waals surface area (Å²) in [5.74, 6) is -1.24. The van der Waals surface area contributed by atoms with Crippen molar-refractivity contribution in [1.82, 2.24) is 5.32 Å². The van der Waals surface area contributed by atoms with Crippen molar-refractivity contribution in [2.75, 3.05) is 13.2 Å². The lowest BCUT2D eigenvalue weighted by atomic mass is 9.99. The lowest BCUT2D eigenvalue weighted by molar-refractivity contribution is -0.305. The van der Waals surface area contributed by atoms with Crippen molar-refractivity contribution in [3.8, 4) is 0 Å². The van der Waals surface area contributed by atoms with Gasteiger partial charge in [-0.15, -0.1) is 0 Å². The van der Waals surface area contributed by atoms with Gasteiger partial charge in [0.2, 0.25) is 5.91 Å². The van der Waals surface area contributed by atoms with E-state index in [4.69, 9.17) is 14.2 Å². The van der Waals surface area contributed by atoms with Crippen LogP contribution in [0.4, 0.5) is 0 Å². The molecule has 0 spiro atoms. The van der Waals surface area contributed by atoms with E-state index in [1.165, 1.54) is 89.9 Å². The summed E-state index contributed by atoms with van der Waals surface area (Å²) >= 11 is 0. The van der Waals surface area contributed by atoms with Crippen LogP contribution < -0.4 is 5.32 Å². The normalized spacial score (nSPS) is 19.7. The van der Waals surface area contributed by atoms with Crippen molar-refractivity contribution in [2.24, 2.45) is 0 Å². The highest BCUT2D eigenvalue weighted by molar-refractivity contribution is 5.80. The summed E-state index contributed by atoms with van der Waals surface area (Å²) in [4.78, 5) is 26.5. The Bertz CT molecular complexity index is 1620. The first kappa shape index (κ1) is 71.6. The van der Waals surface area contributed by atoms with E-state index in [0.29, 0.717) is 12.8 Å². The molecule has 1 amide bonds. The van der Waals surface area contributed by atoms with E-state index in [-0.39, 0.29) is 19.4 Å². The zero-order valence-corrected chi connectivity index (χ0v) is 48.8. The quantitative estimate of drug-likeness (QED) is 0.0195. The predicted molar refractivity (Wildman–Crippen MR) is 319 cm³/mol. The van der Waals surface area contributed by atoms with Crippen LogP contribution in [-0.2, 0) is 23.8 Å². The van der Waals surface area contributed by atoms with Crippen molar-refractivity contribution in [1.29, 1.82) is 0 Å². The van der Waals surface area contributed by atoms with Gasteiger partial charge in [-0.3, -0.25) is 9.59 Å². The number of aliphatic hydroxyl groups is 5. The first-order valence-electron chi connectivity index (χ1n) is 31.0. The lowest BCUT2D eigenvalue weighted by Crippen LogP contribution is -2.61. The van der Waals surface area contributed by atoms with Gasteiger partial charge in [-0.2, -0.15) is 0 Å². The van der Waals surface area contributed by atoms with E-state index in [1.54, 1.807) is 6.08 Å². The second-order valence-electron chi connectivity index (χ2n) is 21.0. The predicted octanol–water partition coefficient (Wildman–Crippen LogP) is 14.7. The smallest absolute Gasteiger partial charge is 0.306 e. The molecule has 77 heavy (non-hydrogen) atoms. The summed E-state index contributed by atoms with van der Waals surface area (Å²) < 4.78 is 17.6. The Morgan fingerprint density at radius 3 is 1.43 bits per heavy atom. The van der Waals surface area contributed by atoms with E-state index >= 15 is 0 Å². The average molecular weight is 1080 g/mol. The van der Waals surface area contributed by atoms with Crippen LogP contribution in [0.1, 0.15) is 245 Å². The molecule has 1 heterocycles. The van der Waals surface area contributed by atoms with Crippen molar-refractivity contribution >= 4 is 11.9 Å². The van der Waals surface area contributed by atoms with Crippen LogP contribution >= 0.6 is 0 Å². The number of aliphatic hydroxyl groups excluding tert-OH is 5. The van der Waals surface area contributed by atoms with Gasteiger partial charge in [0.1, 0.15) is 24.4 Å². The number of unbranched alkanes of at least 4 members (excludes halogenated alkanes) is 23. The summed E-state index contributed by atoms with van der Waals surface area (Å²) in [5, 5.41) is 56.9. The zero-order valence-electron chi connectivity index (χ0n) is 48.8. The molecule has 0 radical (unpaired) electrons. The number of ether oxygens (including phenoxy) is 3. The number of carbonyl (C=O) groups is 2. The van der Waals surface area contributed by atoms with Crippen molar-refractivity contribution in [3.63, 3.8) is 0 Å². The summed E-state index contributed by atoms with van der Waals surface area (Å²) in [6.45, 7) is 5.61. The van der Waals surface area contributed by atoms with E-state index in [0.717, 1.165) is 109 Å². The molecule has 8 atom stereocenters. The molecule has 11 heteroatoms. The Balaban J connectivity index is 2.70. The highest BCUT2D eigenvalue weighted by Crippen LogP contribution is 2.26. The minimum Gasteiger partial charge on any atom is -0.454 e. The molecular weight excluding hydrogens is 967 g/mol. The minimum absolute atomic E-state index is 0.110. The molecule has 11 nitrogen and oxygen atoms in total. The van der Waals surface area contributed by atoms with Gasteiger partial charge >= 0.3 is 5.97 Å². The molecular formula is C66H113NO10. The lowest BCUT2D eigenvalue weighted by Gasteiger charge is -2.41. The van der Waals surface area contributed by atoms with Crippen LogP contribution in [0.5, 0.6) is 0 Å². The second kappa shape index (κ2) is 53.2. The number of allylic oxidation sites excluding steroid dienone is 15. The molecule has 1 saturated heterocycles. The molecule has 6 N–H and O–H groups in total. The Labute approximate surface area is 469 Å². The van der Waals surface area contributed by atoms with Crippen LogP contribution in [0, 0.1) is 0 Å². The highest BCUT2D eigenvalue weighted by Gasteiger charge is 2.47. The van der Waals surface area contributed by atoms with Gasteiger partial charge in [-0.25, -0.2) is 0 Å². The van der Waals surface area contributed by atoms with Crippen molar-refractivity contribution < 1.29 is 49.3 Å². The number of nitrogens with one attached hydrogen (secondary N) is 1. The molecule has 0 saturated carbocycles. The monoisotopic (exact) mass is 1080 g/mol. The Morgan fingerprint density at radius 1 is 0.519 bits per heavy atom. The summed E-state index contributed by atoms with van der Waals surface area (Å²) in [7, 11) is 0. The largest absolute Gasteiger partial charge is 0.454 e. The van der Waals surface area contributed by atoms with Gasteiger partial charge in [0.05, 0.1) is 25.4 Å². The first-order valence-corrected chi connectivity index (χ1v) is 31.0. The number of esters is 1. The van der Waals surface area contributed by atoms with Crippen LogP contribution in [-0.4, -0.2) is 99.6 Å². The molecule has 0 aromatic heterocycles. The summed E-state index contributed by atoms with van der Waals surface area (Å²) in [5.41, 5.74) is 0. The van der Waals surface area contributed by atoms with Crippen molar-refractivity contribution in [3.05, 3.63) is 97.2 Å². The number of hydrogen-bond acceptors (Lipinski definition) is 10. The number of hydrogen-bond donors (Lipinski definition) is 6. The van der Waals surface area contributed by atoms with Crippen LogP contribution in [0.15, 0.2) is 97.2 Å². The number of carbonyl (C=O) groups excluding carboxylic acids is 2. The van der Waals surface area contributed by atoms with E-state index in [1.807, 2.05) is 6.08 Å². The molecule has 8 unspecified atom stereocenters. The van der Waals surface area contributed by atoms with E-state index in [9.17, 15) is 35.1 Å².